The van der Waals surface area contributed by atoms with E-state index in [1.807, 2.05) is 71.5 Å². The van der Waals surface area contributed by atoms with Gasteiger partial charge in [-0.15, -0.1) is 0 Å². The van der Waals surface area contributed by atoms with Gasteiger partial charge in [0.2, 0.25) is 5.91 Å². The summed E-state index contributed by atoms with van der Waals surface area (Å²) in [6.45, 7) is 6.38. The number of ether oxygens (including phenoxy) is 1. The minimum atomic E-state index is -0.506. The lowest BCUT2D eigenvalue weighted by molar-refractivity contribution is -0.140. The molecule has 2 atom stereocenters. The normalized spacial score (nSPS) is 22.7. The maximum atomic E-state index is 13.2. The molecular formula is C26H32N4O3. The van der Waals surface area contributed by atoms with Gasteiger partial charge in [-0.05, 0) is 55.9 Å². The van der Waals surface area contributed by atoms with Crippen molar-refractivity contribution in [2.24, 2.45) is 11.3 Å². The minimum absolute atomic E-state index is 0.0304. The first kappa shape index (κ1) is 21.7. The molecule has 3 fully saturated rings. The van der Waals surface area contributed by atoms with Crippen molar-refractivity contribution < 1.29 is 14.3 Å². The fourth-order valence-electron chi connectivity index (χ4n) is 5.35. The van der Waals surface area contributed by atoms with E-state index < -0.39 is 6.10 Å². The summed E-state index contributed by atoms with van der Waals surface area (Å²) in [4.78, 5) is 36.7. The van der Waals surface area contributed by atoms with Crippen LogP contribution < -0.4 is 9.64 Å². The van der Waals surface area contributed by atoms with Gasteiger partial charge in [-0.2, -0.15) is 0 Å². The van der Waals surface area contributed by atoms with E-state index in [9.17, 15) is 9.59 Å². The summed E-state index contributed by atoms with van der Waals surface area (Å²) in [5.74, 6) is 2.14. The number of pyridine rings is 1. The number of para-hydroxylation sites is 1. The van der Waals surface area contributed by atoms with Gasteiger partial charge in [0.15, 0.2) is 6.10 Å². The Labute approximate surface area is 195 Å². The average molecular weight is 449 g/mol. The summed E-state index contributed by atoms with van der Waals surface area (Å²) in [6.07, 6.45) is 4.08. The number of aromatic nitrogens is 1. The lowest BCUT2D eigenvalue weighted by Gasteiger charge is -2.37. The van der Waals surface area contributed by atoms with Crippen LogP contribution >= 0.6 is 0 Å². The van der Waals surface area contributed by atoms with Crippen molar-refractivity contribution in [1.29, 1.82) is 0 Å². The highest BCUT2D eigenvalue weighted by Gasteiger charge is 2.59. The van der Waals surface area contributed by atoms with E-state index in [0.29, 0.717) is 24.7 Å². The second-order valence-electron chi connectivity index (χ2n) is 9.52. The van der Waals surface area contributed by atoms with Gasteiger partial charge < -0.3 is 19.4 Å². The van der Waals surface area contributed by atoms with Gasteiger partial charge in [-0.25, -0.2) is 4.98 Å². The molecule has 5 rings (SSSR count). The van der Waals surface area contributed by atoms with Crippen molar-refractivity contribution in [3.8, 4) is 5.75 Å². The van der Waals surface area contributed by atoms with E-state index in [4.69, 9.17) is 4.74 Å². The fourth-order valence-corrected chi connectivity index (χ4v) is 5.35. The van der Waals surface area contributed by atoms with Crippen LogP contribution in [0.2, 0.25) is 0 Å². The van der Waals surface area contributed by atoms with Crippen LogP contribution in [0.1, 0.15) is 26.2 Å². The monoisotopic (exact) mass is 448 g/mol. The molecule has 1 aromatic carbocycles. The second kappa shape index (κ2) is 9.04. The molecule has 3 heterocycles. The first-order valence-electron chi connectivity index (χ1n) is 12.0. The minimum Gasteiger partial charge on any atom is -0.481 e. The number of carbonyl (C=O) groups is 2. The molecule has 174 valence electrons. The van der Waals surface area contributed by atoms with Crippen LogP contribution in [0.4, 0.5) is 5.82 Å². The number of rotatable bonds is 5. The number of nitrogens with zero attached hydrogens (tertiary/aromatic N) is 4. The van der Waals surface area contributed by atoms with Crippen molar-refractivity contribution in [2.45, 2.75) is 32.3 Å². The first-order valence-corrected chi connectivity index (χ1v) is 12.0. The topological polar surface area (TPSA) is 66.0 Å². The molecular weight excluding hydrogens is 416 g/mol. The van der Waals surface area contributed by atoms with E-state index in [0.717, 1.165) is 51.3 Å². The van der Waals surface area contributed by atoms with Crippen LogP contribution in [0, 0.1) is 11.3 Å². The Kier molecular flexibility index (Phi) is 5.96. The zero-order valence-electron chi connectivity index (χ0n) is 19.2. The number of hydrogen-bond acceptors (Lipinski definition) is 5. The Morgan fingerprint density at radius 1 is 0.939 bits per heavy atom. The Bertz CT molecular complexity index is 968. The molecule has 0 N–H and O–H groups in total. The third-order valence-electron chi connectivity index (χ3n) is 7.53. The molecule has 2 aliphatic heterocycles. The standard InChI is InChI=1S/C26H32N4O3/c1-20(33-21-7-3-2-4-8-21)24(31)29-13-10-26(11-14-29)19-22(26)25(32)30-17-15-28(16-18-30)23-9-5-6-12-27-23/h2-9,12,20,22H,10-11,13-19H2,1H3/t20-,22-/m1/s1. The number of carbonyl (C=O) groups excluding carboxylic acids is 2. The first-order chi connectivity index (χ1) is 16.1. The molecule has 0 radical (unpaired) electrons. The van der Waals surface area contributed by atoms with Crippen LogP contribution in [0.25, 0.3) is 0 Å². The zero-order valence-corrected chi connectivity index (χ0v) is 19.2. The number of hydrogen-bond donors (Lipinski definition) is 0. The van der Waals surface area contributed by atoms with Crippen molar-refractivity contribution in [3.05, 3.63) is 54.7 Å². The number of likely N-dealkylation sites (tertiary alicyclic amines) is 1. The molecule has 33 heavy (non-hydrogen) atoms. The summed E-state index contributed by atoms with van der Waals surface area (Å²) in [5.41, 5.74) is 0.0928. The van der Waals surface area contributed by atoms with Crippen LogP contribution in [-0.2, 0) is 9.59 Å². The Balaban J connectivity index is 1.09. The lowest BCUT2D eigenvalue weighted by atomic mass is 9.90. The van der Waals surface area contributed by atoms with E-state index in [1.165, 1.54) is 0 Å². The molecule has 2 amide bonds. The highest BCUT2D eigenvalue weighted by Crippen LogP contribution is 2.60. The highest BCUT2D eigenvalue weighted by molar-refractivity contribution is 5.84. The number of piperidine rings is 1. The molecule has 0 unspecified atom stereocenters. The number of amides is 2. The second-order valence-corrected chi connectivity index (χ2v) is 9.52. The Morgan fingerprint density at radius 3 is 2.30 bits per heavy atom. The molecule has 7 heteroatoms. The van der Waals surface area contributed by atoms with Gasteiger partial charge in [0.05, 0.1) is 0 Å². The van der Waals surface area contributed by atoms with E-state index >= 15 is 0 Å². The molecule has 7 nitrogen and oxygen atoms in total. The summed E-state index contributed by atoms with van der Waals surface area (Å²) in [7, 11) is 0. The summed E-state index contributed by atoms with van der Waals surface area (Å²) >= 11 is 0. The predicted molar refractivity (Wildman–Crippen MR) is 126 cm³/mol. The van der Waals surface area contributed by atoms with Gasteiger partial charge >= 0.3 is 0 Å². The zero-order chi connectivity index (χ0) is 22.8. The Hall–Kier alpha value is -3.09. The lowest BCUT2D eigenvalue weighted by Crippen LogP contribution is -2.50. The van der Waals surface area contributed by atoms with E-state index in [1.54, 1.807) is 0 Å². The van der Waals surface area contributed by atoms with Gasteiger partial charge in [-0.1, -0.05) is 24.3 Å². The van der Waals surface area contributed by atoms with Crippen molar-refractivity contribution in [3.63, 3.8) is 0 Å². The molecule has 2 saturated heterocycles. The van der Waals surface area contributed by atoms with Gasteiger partial charge in [0.1, 0.15) is 11.6 Å². The number of piperazine rings is 1. The maximum Gasteiger partial charge on any atom is 0.263 e. The summed E-state index contributed by atoms with van der Waals surface area (Å²) < 4.78 is 5.82. The third kappa shape index (κ3) is 4.54. The van der Waals surface area contributed by atoms with Crippen molar-refractivity contribution in [1.82, 2.24) is 14.8 Å². The van der Waals surface area contributed by atoms with E-state index in [2.05, 4.69) is 9.88 Å². The molecule has 1 saturated carbocycles. The number of anilines is 1. The molecule has 1 spiro atoms. The fraction of sp³-hybridized carbons (Fsp3) is 0.500. The largest absolute Gasteiger partial charge is 0.481 e. The molecule has 1 aromatic heterocycles. The molecule has 1 aliphatic carbocycles. The SMILES string of the molecule is C[C@@H](Oc1ccccc1)C(=O)N1CCC2(CC1)C[C@@H]2C(=O)N1CCN(c2ccccn2)CC1. The number of benzene rings is 1. The smallest absolute Gasteiger partial charge is 0.263 e. The highest BCUT2D eigenvalue weighted by atomic mass is 16.5. The third-order valence-corrected chi connectivity index (χ3v) is 7.53. The van der Waals surface area contributed by atoms with Crippen LogP contribution in [0.15, 0.2) is 54.7 Å². The maximum absolute atomic E-state index is 13.2. The molecule has 2 aromatic rings. The Morgan fingerprint density at radius 2 is 1.64 bits per heavy atom. The van der Waals surface area contributed by atoms with Crippen molar-refractivity contribution in [2.75, 3.05) is 44.2 Å². The van der Waals surface area contributed by atoms with E-state index in [-0.39, 0.29) is 17.2 Å². The molecule has 0 bridgehead atoms. The van der Waals surface area contributed by atoms with Crippen LogP contribution in [0.3, 0.4) is 0 Å². The quantitative estimate of drug-likeness (QED) is 0.704. The van der Waals surface area contributed by atoms with Gasteiger partial charge in [-0.3, -0.25) is 9.59 Å². The van der Waals surface area contributed by atoms with Crippen LogP contribution in [-0.4, -0.2) is 72.0 Å². The van der Waals surface area contributed by atoms with Crippen molar-refractivity contribution >= 4 is 17.6 Å². The van der Waals surface area contributed by atoms with Gasteiger partial charge in [0.25, 0.3) is 5.91 Å². The predicted octanol–water partition coefficient (Wildman–Crippen LogP) is 2.83. The molecule has 3 aliphatic rings. The van der Waals surface area contributed by atoms with Gasteiger partial charge in [0, 0.05) is 51.4 Å². The van der Waals surface area contributed by atoms with Crippen LogP contribution in [0.5, 0.6) is 5.75 Å². The summed E-state index contributed by atoms with van der Waals surface area (Å²) in [5, 5.41) is 0. The average Bonchev–Trinajstić information content (AvgIpc) is 3.57. The summed E-state index contributed by atoms with van der Waals surface area (Å²) in [6, 6.07) is 15.4.